The number of Topliss-reactive ketones (excluding diaryl/α,β-unsaturated/α-hetero) is 1. The third kappa shape index (κ3) is 4.51. The monoisotopic (exact) mass is 389 g/mol. The number of amides is 1. The first-order valence-corrected chi connectivity index (χ1v) is 9.71. The van der Waals surface area contributed by atoms with Gasteiger partial charge in [-0.1, -0.05) is 23.7 Å². The van der Waals surface area contributed by atoms with Gasteiger partial charge < -0.3 is 9.88 Å². The Bertz CT molecular complexity index is 932. The number of rotatable bonds is 8. The van der Waals surface area contributed by atoms with E-state index in [4.69, 9.17) is 11.6 Å². The highest BCUT2D eigenvalue weighted by atomic mass is 35.5. The average Bonchev–Trinajstić information content (AvgIpc) is 3.19. The molecule has 0 radical (unpaired) electrons. The predicted molar refractivity (Wildman–Crippen MR) is 105 cm³/mol. The number of para-hydroxylation sites is 2. The largest absolute Gasteiger partial charge is 0.356 e. The minimum Gasteiger partial charge on any atom is -0.356 e. The van der Waals surface area contributed by atoms with Gasteiger partial charge in [0, 0.05) is 25.9 Å². The lowest BCUT2D eigenvalue weighted by molar-refractivity contribution is -0.121. The van der Waals surface area contributed by atoms with Gasteiger partial charge in [0.05, 0.1) is 20.2 Å². The average molecular weight is 390 g/mol. The minimum atomic E-state index is -0.104. The van der Waals surface area contributed by atoms with E-state index in [9.17, 15) is 9.59 Å². The SMILES string of the molecule is Cc1nc2ccccc2n1CCCNC(=O)CCC(=O)c1ccc(Cl)s1. The van der Waals surface area contributed by atoms with E-state index in [1.807, 2.05) is 25.1 Å². The Kier molecular flexibility index (Phi) is 6.06. The summed E-state index contributed by atoms with van der Waals surface area (Å²) in [5.41, 5.74) is 2.10. The van der Waals surface area contributed by atoms with Crippen LogP contribution in [-0.2, 0) is 11.3 Å². The summed E-state index contributed by atoms with van der Waals surface area (Å²) >= 11 is 7.07. The van der Waals surface area contributed by atoms with Crippen LogP contribution in [0.2, 0.25) is 4.34 Å². The lowest BCUT2D eigenvalue weighted by atomic mass is 10.2. The second kappa shape index (κ2) is 8.47. The van der Waals surface area contributed by atoms with Crippen LogP contribution < -0.4 is 5.32 Å². The van der Waals surface area contributed by atoms with Crippen molar-refractivity contribution in [2.45, 2.75) is 32.7 Å². The minimum absolute atomic E-state index is 0.0439. The summed E-state index contributed by atoms with van der Waals surface area (Å²) < 4.78 is 2.74. The van der Waals surface area contributed by atoms with Crippen LogP contribution in [0, 0.1) is 6.92 Å². The summed E-state index contributed by atoms with van der Waals surface area (Å²) in [6.45, 7) is 3.35. The number of hydrogen-bond acceptors (Lipinski definition) is 4. The summed E-state index contributed by atoms with van der Waals surface area (Å²) in [4.78, 5) is 29.0. The van der Waals surface area contributed by atoms with Gasteiger partial charge in [0.2, 0.25) is 5.91 Å². The first-order chi connectivity index (χ1) is 12.5. The maximum Gasteiger partial charge on any atom is 0.220 e. The molecule has 136 valence electrons. The number of ketones is 1. The van der Waals surface area contributed by atoms with Gasteiger partial charge in [0.15, 0.2) is 5.78 Å². The molecule has 26 heavy (non-hydrogen) atoms. The lowest BCUT2D eigenvalue weighted by Crippen LogP contribution is -2.25. The zero-order valence-electron chi connectivity index (χ0n) is 14.5. The van der Waals surface area contributed by atoms with Gasteiger partial charge in [-0.05, 0) is 37.6 Å². The molecular formula is C19H20ClN3O2S. The topological polar surface area (TPSA) is 64.0 Å². The molecule has 1 aromatic carbocycles. The van der Waals surface area contributed by atoms with Gasteiger partial charge in [0.25, 0.3) is 0 Å². The molecule has 0 bridgehead atoms. The van der Waals surface area contributed by atoms with Crippen LogP contribution in [0.25, 0.3) is 11.0 Å². The van der Waals surface area contributed by atoms with Gasteiger partial charge >= 0.3 is 0 Å². The Balaban J connectivity index is 1.41. The highest BCUT2D eigenvalue weighted by Gasteiger charge is 2.11. The second-order valence-corrected chi connectivity index (χ2v) is 7.74. The van der Waals surface area contributed by atoms with Crippen LogP contribution in [0.15, 0.2) is 36.4 Å². The van der Waals surface area contributed by atoms with Crippen molar-refractivity contribution in [1.29, 1.82) is 0 Å². The Labute approximate surface area is 161 Å². The number of imidazole rings is 1. The molecule has 0 spiro atoms. The quantitative estimate of drug-likeness (QED) is 0.463. The third-order valence-electron chi connectivity index (χ3n) is 4.15. The van der Waals surface area contributed by atoms with Crippen LogP contribution in [-0.4, -0.2) is 27.8 Å². The number of hydrogen-bond donors (Lipinski definition) is 1. The van der Waals surface area contributed by atoms with Crippen LogP contribution >= 0.6 is 22.9 Å². The summed E-state index contributed by atoms with van der Waals surface area (Å²) in [5.74, 6) is 0.823. The molecule has 2 heterocycles. The molecule has 1 N–H and O–H groups in total. The van der Waals surface area contributed by atoms with Gasteiger partial charge in [-0.2, -0.15) is 0 Å². The zero-order valence-corrected chi connectivity index (χ0v) is 16.1. The van der Waals surface area contributed by atoms with Crippen molar-refractivity contribution in [3.05, 3.63) is 51.4 Å². The van der Waals surface area contributed by atoms with Gasteiger partial charge in [0.1, 0.15) is 5.82 Å². The van der Waals surface area contributed by atoms with Gasteiger partial charge in [-0.25, -0.2) is 4.98 Å². The molecule has 2 aromatic heterocycles. The summed E-state index contributed by atoms with van der Waals surface area (Å²) in [6.07, 6.45) is 1.21. The van der Waals surface area contributed by atoms with Crippen molar-refractivity contribution in [2.24, 2.45) is 0 Å². The fourth-order valence-electron chi connectivity index (χ4n) is 2.85. The molecule has 3 aromatic rings. The molecule has 0 atom stereocenters. The summed E-state index contributed by atoms with van der Waals surface area (Å²) in [7, 11) is 0. The number of nitrogens with one attached hydrogen (secondary N) is 1. The highest BCUT2D eigenvalue weighted by Crippen LogP contribution is 2.22. The Hall–Kier alpha value is -2.18. The lowest BCUT2D eigenvalue weighted by Gasteiger charge is -2.08. The molecule has 7 heteroatoms. The molecule has 0 unspecified atom stereocenters. The van der Waals surface area contributed by atoms with Gasteiger partial charge in [-0.15, -0.1) is 11.3 Å². The molecule has 1 amide bonds. The first kappa shape index (κ1) is 18.6. The number of carbonyl (C=O) groups excluding carboxylic acids is 2. The van der Waals surface area contributed by atoms with Gasteiger partial charge in [-0.3, -0.25) is 9.59 Å². The fraction of sp³-hybridized carbons (Fsp3) is 0.316. The molecule has 0 saturated heterocycles. The zero-order chi connectivity index (χ0) is 18.5. The Morgan fingerprint density at radius 1 is 1.19 bits per heavy atom. The molecular weight excluding hydrogens is 370 g/mol. The predicted octanol–water partition coefficient (Wildman–Crippen LogP) is 4.23. The van der Waals surface area contributed by atoms with E-state index in [0.29, 0.717) is 15.8 Å². The van der Waals surface area contributed by atoms with Crippen LogP contribution in [0.5, 0.6) is 0 Å². The van der Waals surface area contributed by atoms with Crippen molar-refractivity contribution < 1.29 is 9.59 Å². The molecule has 0 aliphatic heterocycles. The Morgan fingerprint density at radius 3 is 2.77 bits per heavy atom. The highest BCUT2D eigenvalue weighted by molar-refractivity contribution is 7.18. The normalized spacial score (nSPS) is 11.0. The summed E-state index contributed by atoms with van der Waals surface area (Å²) in [5, 5.41) is 2.88. The molecule has 3 rings (SSSR count). The van der Waals surface area contributed by atoms with E-state index in [-0.39, 0.29) is 24.5 Å². The Morgan fingerprint density at radius 2 is 2.00 bits per heavy atom. The van der Waals surface area contributed by atoms with E-state index in [2.05, 4.69) is 20.9 Å². The van der Waals surface area contributed by atoms with Crippen molar-refractivity contribution in [2.75, 3.05) is 6.54 Å². The van der Waals surface area contributed by atoms with Crippen molar-refractivity contribution >= 4 is 45.7 Å². The molecule has 0 fully saturated rings. The number of aromatic nitrogens is 2. The number of fused-ring (bicyclic) bond motifs is 1. The maximum absolute atomic E-state index is 12.0. The number of thiophene rings is 1. The molecule has 5 nitrogen and oxygen atoms in total. The molecule has 0 saturated carbocycles. The standard InChI is InChI=1S/C19H20ClN3O2S/c1-13-22-14-5-2-3-6-15(14)23(13)12-4-11-21-19(25)10-7-16(24)17-8-9-18(20)26-17/h2-3,5-6,8-9H,4,7,10-12H2,1H3,(H,21,25). The van der Waals surface area contributed by atoms with Crippen molar-refractivity contribution in [3.63, 3.8) is 0 Å². The maximum atomic E-state index is 12.0. The number of carbonyl (C=O) groups is 2. The van der Waals surface area contributed by atoms with Crippen molar-refractivity contribution in [1.82, 2.24) is 14.9 Å². The fourth-order valence-corrected chi connectivity index (χ4v) is 3.86. The van der Waals surface area contributed by atoms with E-state index in [1.165, 1.54) is 11.3 Å². The van der Waals surface area contributed by atoms with E-state index in [0.717, 1.165) is 29.8 Å². The van der Waals surface area contributed by atoms with Crippen LogP contribution in [0.3, 0.4) is 0 Å². The number of nitrogens with zero attached hydrogens (tertiary/aromatic N) is 2. The first-order valence-electron chi connectivity index (χ1n) is 8.51. The smallest absolute Gasteiger partial charge is 0.220 e. The number of aryl methyl sites for hydroxylation is 2. The van der Waals surface area contributed by atoms with E-state index < -0.39 is 0 Å². The summed E-state index contributed by atoms with van der Waals surface area (Å²) in [6, 6.07) is 11.4. The molecule has 0 aliphatic carbocycles. The van der Waals surface area contributed by atoms with Crippen LogP contribution in [0.4, 0.5) is 0 Å². The molecule has 0 aliphatic rings. The third-order valence-corrected chi connectivity index (χ3v) is 5.43. The van der Waals surface area contributed by atoms with Crippen LogP contribution in [0.1, 0.15) is 34.8 Å². The number of halogens is 1. The van der Waals surface area contributed by atoms with E-state index in [1.54, 1.807) is 12.1 Å². The second-order valence-electron chi connectivity index (χ2n) is 6.03. The van der Waals surface area contributed by atoms with Crippen molar-refractivity contribution in [3.8, 4) is 0 Å². The number of benzene rings is 1. The van der Waals surface area contributed by atoms with E-state index >= 15 is 0 Å².